The predicted octanol–water partition coefficient (Wildman–Crippen LogP) is 3.25. The SMILES string of the molecule is Cc1c(Br)c2ccccc2n1Cc1ncncc1C(=O)O. The van der Waals surface area contributed by atoms with Crippen LogP contribution in [-0.2, 0) is 6.54 Å². The van der Waals surface area contributed by atoms with E-state index in [1.165, 1.54) is 12.5 Å². The van der Waals surface area contributed by atoms with E-state index in [1.54, 1.807) is 0 Å². The summed E-state index contributed by atoms with van der Waals surface area (Å²) in [4.78, 5) is 19.2. The highest BCUT2D eigenvalue weighted by atomic mass is 79.9. The quantitative estimate of drug-likeness (QED) is 0.791. The maximum absolute atomic E-state index is 11.3. The highest BCUT2D eigenvalue weighted by Gasteiger charge is 2.16. The normalized spacial score (nSPS) is 11.0. The van der Waals surface area contributed by atoms with E-state index in [9.17, 15) is 9.90 Å². The molecule has 0 fully saturated rings. The number of hydrogen-bond acceptors (Lipinski definition) is 3. The van der Waals surface area contributed by atoms with Gasteiger partial charge in [-0.15, -0.1) is 0 Å². The van der Waals surface area contributed by atoms with Crippen molar-refractivity contribution < 1.29 is 9.90 Å². The zero-order chi connectivity index (χ0) is 15.0. The van der Waals surface area contributed by atoms with Gasteiger partial charge in [-0.2, -0.15) is 0 Å². The van der Waals surface area contributed by atoms with Gasteiger partial charge in [-0.05, 0) is 28.9 Å². The van der Waals surface area contributed by atoms with Gasteiger partial charge in [0.15, 0.2) is 0 Å². The molecular formula is C15H12BrN3O2. The molecular weight excluding hydrogens is 334 g/mol. The van der Waals surface area contributed by atoms with Gasteiger partial charge in [0.2, 0.25) is 0 Å². The largest absolute Gasteiger partial charge is 0.478 e. The van der Waals surface area contributed by atoms with Crippen LogP contribution in [0.3, 0.4) is 0 Å². The minimum Gasteiger partial charge on any atom is -0.478 e. The maximum Gasteiger partial charge on any atom is 0.339 e. The molecule has 0 aliphatic carbocycles. The average molecular weight is 346 g/mol. The Morgan fingerprint density at radius 2 is 2.14 bits per heavy atom. The van der Waals surface area contributed by atoms with Gasteiger partial charge in [0.1, 0.15) is 11.9 Å². The first-order chi connectivity index (χ1) is 10.1. The summed E-state index contributed by atoms with van der Waals surface area (Å²) in [6, 6.07) is 7.97. The summed E-state index contributed by atoms with van der Waals surface area (Å²) in [5.41, 5.74) is 2.70. The number of carboxylic acid groups (broad SMARTS) is 1. The molecule has 3 aromatic rings. The van der Waals surface area contributed by atoms with Crippen LogP contribution in [-0.4, -0.2) is 25.6 Å². The molecule has 0 aliphatic heterocycles. The van der Waals surface area contributed by atoms with Crippen LogP contribution in [0.15, 0.2) is 41.3 Å². The Morgan fingerprint density at radius 3 is 2.90 bits per heavy atom. The number of rotatable bonds is 3. The lowest BCUT2D eigenvalue weighted by molar-refractivity contribution is 0.0694. The minimum atomic E-state index is -1.02. The van der Waals surface area contributed by atoms with Crippen molar-refractivity contribution >= 4 is 32.8 Å². The number of para-hydroxylation sites is 1. The summed E-state index contributed by atoms with van der Waals surface area (Å²) in [7, 11) is 0. The molecule has 0 atom stereocenters. The molecule has 0 amide bonds. The summed E-state index contributed by atoms with van der Waals surface area (Å²) < 4.78 is 3.07. The zero-order valence-corrected chi connectivity index (χ0v) is 12.8. The molecule has 0 unspecified atom stereocenters. The molecule has 0 aliphatic rings. The topological polar surface area (TPSA) is 68.0 Å². The monoisotopic (exact) mass is 345 g/mol. The van der Waals surface area contributed by atoms with Gasteiger partial charge < -0.3 is 9.67 Å². The first-order valence-corrected chi connectivity index (χ1v) is 7.14. The van der Waals surface area contributed by atoms with E-state index in [2.05, 4.69) is 25.9 Å². The van der Waals surface area contributed by atoms with Gasteiger partial charge in [-0.1, -0.05) is 18.2 Å². The van der Waals surface area contributed by atoms with Crippen molar-refractivity contribution in [3.05, 3.63) is 58.2 Å². The van der Waals surface area contributed by atoms with E-state index >= 15 is 0 Å². The van der Waals surface area contributed by atoms with Crippen molar-refractivity contribution in [2.75, 3.05) is 0 Å². The molecule has 106 valence electrons. The molecule has 0 spiro atoms. The molecule has 0 saturated heterocycles. The Kier molecular flexibility index (Phi) is 3.47. The Bertz CT molecular complexity index is 842. The first-order valence-electron chi connectivity index (χ1n) is 6.35. The molecule has 0 radical (unpaired) electrons. The summed E-state index contributed by atoms with van der Waals surface area (Å²) in [6.07, 6.45) is 2.71. The number of nitrogens with zero attached hydrogens (tertiary/aromatic N) is 3. The lowest BCUT2D eigenvalue weighted by Crippen LogP contribution is -2.10. The maximum atomic E-state index is 11.3. The van der Waals surface area contributed by atoms with Crippen molar-refractivity contribution in [3.63, 3.8) is 0 Å². The third-order valence-electron chi connectivity index (χ3n) is 3.49. The van der Waals surface area contributed by atoms with E-state index in [0.717, 1.165) is 21.1 Å². The van der Waals surface area contributed by atoms with Crippen molar-refractivity contribution in [1.29, 1.82) is 0 Å². The van der Waals surface area contributed by atoms with Crippen LogP contribution in [0.1, 0.15) is 21.7 Å². The number of hydrogen-bond donors (Lipinski definition) is 1. The van der Waals surface area contributed by atoms with Gasteiger partial charge in [0.25, 0.3) is 0 Å². The minimum absolute atomic E-state index is 0.130. The predicted molar refractivity (Wildman–Crippen MR) is 82.5 cm³/mol. The van der Waals surface area contributed by atoms with Gasteiger partial charge in [0.05, 0.1) is 12.2 Å². The number of fused-ring (bicyclic) bond motifs is 1. The molecule has 6 heteroatoms. The van der Waals surface area contributed by atoms with Crippen molar-refractivity contribution in [1.82, 2.24) is 14.5 Å². The highest BCUT2D eigenvalue weighted by molar-refractivity contribution is 9.10. The van der Waals surface area contributed by atoms with E-state index in [-0.39, 0.29) is 5.56 Å². The number of aromatic carboxylic acids is 1. The highest BCUT2D eigenvalue weighted by Crippen LogP contribution is 2.31. The van der Waals surface area contributed by atoms with E-state index < -0.39 is 5.97 Å². The second-order valence-corrected chi connectivity index (χ2v) is 5.48. The van der Waals surface area contributed by atoms with E-state index in [1.807, 2.05) is 35.8 Å². The van der Waals surface area contributed by atoms with Crippen molar-refractivity contribution in [2.24, 2.45) is 0 Å². The zero-order valence-electron chi connectivity index (χ0n) is 11.2. The molecule has 0 saturated carbocycles. The number of aromatic nitrogens is 3. The van der Waals surface area contributed by atoms with Gasteiger partial charge in [-0.3, -0.25) is 0 Å². The number of carbonyl (C=O) groups is 1. The standard InChI is InChI=1S/C15H12BrN3O2/c1-9-14(16)10-4-2-3-5-13(10)19(9)7-12-11(15(20)21)6-17-8-18-12/h2-6,8H,7H2,1H3,(H,20,21). The third kappa shape index (κ3) is 2.31. The Morgan fingerprint density at radius 1 is 1.38 bits per heavy atom. The summed E-state index contributed by atoms with van der Waals surface area (Å²) >= 11 is 3.59. The van der Waals surface area contributed by atoms with Gasteiger partial charge >= 0.3 is 5.97 Å². The van der Waals surface area contributed by atoms with E-state index in [0.29, 0.717) is 12.2 Å². The lowest BCUT2D eigenvalue weighted by Gasteiger charge is -2.09. The van der Waals surface area contributed by atoms with Gasteiger partial charge in [-0.25, -0.2) is 14.8 Å². The number of carboxylic acids is 1. The summed E-state index contributed by atoms with van der Waals surface area (Å²) in [5, 5.41) is 10.3. The number of benzene rings is 1. The number of halogens is 1. The summed E-state index contributed by atoms with van der Waals surface area (Å²) in [6.45, 7) is 2.38. The molecule has 1 aromatic carbocycles. The fourth-order valence-electron chi connectivity index (χ4n) is 2.40. The third-order valence-corrected chi connectivity index (χ3v) is 4.49. The average Bonchev–Trinajstić information content (AvgIpc) is 2.73. The van der Waals surface area contributed by atoms with Crippen LogP contribution < -0.4 is 0 Å². The molecule has 2 aromatic heterocycles. The van der Waals surface area contributed by atoms with Crippen LogP contribution in [0.25, 0.3) is 10.9 Å². The molecule has 21 heavy (non-hydrogen) atoms. The van der Waals surface area contributed by atoms with Crippen molar-refractivity contribution in [2.45, 2.75) is 13.5 Å². The van der Waals surface area contributed by atoms with Crippen LogP contribution >= 0.6 is 15.9 Å². The van der Waals surface area contributed by atoms with Crippen LogP contribution in [0.2, 0.25) is 0 Å². The fraction of sp³-hybridized carbons (Fsp3) is 0.133. The van der Waals surface area contributed by atoms with E-state index in [4.69, 9.17) is 0 Å². The molecule has 5 nitrogen and oxygen atoms in total. The summed E-state index contributed by atoms with van der Waals surface area (Å²) in [5.74, 6) is -1.02. The van der Waals surface area contributed by atoms with Crippen LogP contribution in [0.5, 0.6) is 0 Å². The molecule has 3 rings (SSSR count). The van der Waals surface area contributed by atoms with Crippen LogP contribution in [0, 0.1) is 6.92 Å². The molecule has 2 heterocycles. The molecule has 1 N–H and O–H groups in total. The second kappa shape index (κ2) is 5.29. The van der Waals surface area contributed by atoms with Gasteiger partial charge in [0, 0.05) is 27.3 Å². The smallest absolute Gasteiger partial charge is 0.339 e. The first kappa shape index (κ1) is 13.8. The Labute approximate surface area is 129 Å². The fourth-order valence-corrected chi connectivity index (χ4v) is 2.95. The lowest BCUT2D eigenvalue weighted by atomic mass is 10.2. The second-order valence-electron chi connectivity index (χ2n) is 4.69. The van der Waals surface area contributed by atoms with Crippen molar-refractivity contribution in [3.8, 4) is 0 Å². The molecule has 0 bridgehead atoms. The Hall–Kier alpha value is -2.21. The Balaban J connectivity index is 2.15. The van der Waals surface area contributed by atoms with Crippen LogP contribution in [0.4, 0.5) is 0 Å².